The number of para-hydroxylation sites is 1. The largest absolute Gasteiger partial charge is 0.489 e. The first kappa shape index (κ1) is 25.9. The number of methoxy groups -OCH3 is 1. The minimum absolute atomic E-state index is 0.0804. The van der Waals surface area contributed by atoms with Crippen LogP contribution in [0.1, 0.15) is 27.7 Å². The van der Waals surface area contributed by atoms with E-state index in [1.807, 2.05) is 84.7 Å². The predicted octanol–water partition coefficient (Wildman–Crippen LogP) is 5.63. The van der Waals surface area contributed by atoms with Gasteiger partial charge in [0, 0.05) is 22.1 Å². The maximum Gasteiger partial charge on any atom is 0.297 e. The molecule has 1 aromatic heterocycles. The quantitative estimate of drug-likeness (QED) is 0.261. The number of amides is 1. The summed E-state index contributed by atoms with van der Waals surface area (Å²) < 4.78 is 8.54. The van der Waals surface area contributed by atoms with Crippen LogP contribution in [0.3, 0.4) is 0 Å². The number of hydrogen-bond donors (Lipinski definition) is 1. The molecule has 0 radical (unpaired) electrons. The Labute approximate surface area is 231 Å². The first-order chi connectivity index (χ1) is 17.3. The highest BCUT2D eigenvalue weighted by Crippen LogP contribution is 2.32. The number of halogens is 2. The van der Waals surface area contributed by atoms with Crippen molar-refractivity contribution in [3.8, 4) is 5.75 Å². The van der Waals surface area contributed by atoms with Gasteiger partial charge in [-0.3, -0.25) is 14.2 Å². The standard InChI is InChI=1S/C27H24BrIN4O3/c1-32(23(17-10-5-4-6-11-17)18-12-9-13-19(28)16-18)27-31-22(24(36-3)26(35)33(27)2)25(34)30-21-15-8-7-14-20(21)29/h4-16,23H,1-3H3,(H,30,34). The lowest BCUT2D eigenvalue weighted by Crippen LogP contribution is -2.35. The molecule has 7 nitrogen and oxygen atoms in total. The van der Waals surface area contributed by atoms with Gasteiger partial charge in [0.25, 0.3) is 11.5 Å². The van der Waals surface area contributed by atoms with Gasteiger partial charge in [0.15, 0.2) is 5.69 Å². The van der Waals surface area contributed by atoms with Crippen LogP contribution < -0.4 is 20.5 Å². The van der Waals surface area contributed by atoms with Crippen molar-refractivity contribution in [3.63, 3.8) is 0 Å². The molecule has 0 spiro atoms. The summed E-state index contributed by atoms with van der Waals surface area (Å²) in [6.45, 7) is 0. The summed E-state index contributed by atoms with van der Waals surface area (Å²) in [5, 5.41) is 2.85. The second-order valence-corrected chi connectivity index (χ2v) is 10.1. The number of aromatic nitrogens is 2. The molecular weight excluding hydrogens is 635 g/mol. The van der Waals surface area contributed by atoms with E-state index in [4.69, 9.17) is 4.74 Å². The van der Waals surface area contributed by atoms with Gasteiger partial charge in [-0.2, -0.15) is 0 Å². The topological polar surface area (TPSA) is 76.5 Å². The lowest BCUT2D eigenvalue weighted by atomic mass is 9.97. The molecule has 4 rings (SSSR count). The number of carbonyl (C=O) groups is 1. The van der Waals surface area contributed by atoms with E-state index < -0.39 is 11.5 Å². The van der Waals surface area contributed by atoms with E-state index in [1.165, 1.54) is 11.7 Å². The van der Waals surface area contributed by atoms with Gasteiger partial charge in [0.2, 0.25) is 11.7 Å². The van der Waals surface area contributed by atoms with Crippen molar-refractivity contribution >= 4 is 56.1 Å². The zero-order valence-electron chi connectivity index (χ0n) is 19.9. The number of nitrogens with zero attached hydrogens (tertiary/aromatic N) is 3. The summed E-state index contributed by atoms with van der Waals surface area (Å²) in [6, 6.07) is 25.0. The third kappa shape index (κ3) is 5.31. The molecule has 0 saturated heterocycles. The third-order valence-corrected chi connectivity index (χ3v) is 7.18. The van der Waals surface area contributed by atoms with Crippen LogP contribution in [0, 0.1) is 3.57 Å². The fraction of sp³-hybridized carbons (Fsp3) is 0.148. The molecule has 0 aliphatic heterocycles. The van der Waals surface area contributed by atoms with Crippen molar-refractivity contribution in [2.45, 2.75) is 6.04 Å². The maximum absolute atomic E-state index is 13.3. The first-order valence-electron chi connectivity index (χ1n) is 11.1. The van der Waals surface area contributed by atoms with Crippen LogP contribution in [0.5, 0.6) is 5.75 Å². The van der Waals surface area contributed by atoms with Crippen molar-refractivity contribution < 1.29 is 9.53 Å². The number of benzene rings is 3. The van der Waals surface area contributed by atoms with Gasteiger partial charge in [-0.25, -0.2) is 4.98 Å². The number of rotatable bonds is 7. The summed E-state index contributed by atoms with van der Waals surface area (Å²) in [5.41, 5.74) is 2.09. The molecule has 1 N–H and O–H groups in total. The van der Waals surface area contributed by atoms with E-state index in [0.29, 0.717) is 11.6 Å². The molecule has 1 unspecified atom stereocenters. The molecule has 1 atom stereocenters. The van der Waals surface area contributed by atoms with Crippen LogP contribution >= 0.6 is 38.5 Å². The van der Waals surface area contributed by atoms with Gasteiger partial charge < -0.3 is 15.0 Å². The van der Waals surface area contributed by atoms with Gasteiger partial charge in [-0.15, -0.1) is 0 Å². The normalized spacial score (nSPS) is 11.6. The minimum atomic E-state index is -0.526. The Morgan fingerprint density at radius 2 is 1.72 bits per heavy atom. The monoisotopic (exact) mass is 658 g/mol. The number of carbonyl (C=O) groups excluding carboxylic acids is 1. The van der Waals surface area contributed by atoms with E-state index in [9.17, 15) is 9.59 Å². The molecule has 0 bridgehead atoms. The summed E-state index contributed by atoms with van der Waals surface area (Å²) in [6.07, 6.45) is 0. The highest BCUT2D eigenvalue weighted by Gasteiger charge is 2.28. The van der Waals surface area contributed by atoms with Gasteiger partial charge in [0.1, 0.15) is 0 Å². The Balaban J connectivity index is 1.84. The van der Waals surface area contributed by atoms with E-state index >= 15 is 0 Å². The second kappa shape index (κ2) is 11.3. The molecular formula is C27H24BrIN4O3. The van der Waals surface area contributed by atoms with Gasteiger partial charge >= 0.3 is 0 Å². The Bertz CT molecular complexity index is 1460. The van der Waals surface area contributed by atoms with Crippen molar-refractivity contribution in [2.24, 2.45) is 7.05 Å². The molecule has 0 fully saturated rings. The van der Waals surface area contributed by atoms with Crippen LogP contribution in [0.4, 0.5) is 11.6 Å². The molecule has 36 heavy (non-hydrogen) atoms. The van der Waals surface area contributed by atoms with Crippen LogP contribution in [-0.4, -0.2) is 29.6 Å². The number of anilines is 2. The molecule has 9 heteroatoms. The van der Waals surface area contributed by atoms with E-state index in [-0.39, 0.29) is 17.5 Å². The van der Waals surface area contributed by atoms with Crippen molar-refractivity contribution in [1.82, 2.24) is 9.55 Å². The molecule has 1 amide bonds. The van der Waals surface area contributed by atoms with Crippen molar-refractivity contribution in [2.75, 3.05) is 24.4 Å². The fourth-order valence-corrected chi connectivity index (χ4v) is 4.97. The van der Waals surface area contributed by atoms with Crippen LogP contribution in [0.25, 0.3) is 0 Å². The third-order valence-electron chi connectivity index (χ3n) is 5.75. The molecule has 0 saturated carbocycles. The van der Waals surface area contributed by atoms with E-state index in [2.05, 4.69) is 48.8 Å². The highest BCUT2D eigenvalue weighted by atomic mass is 127. The van der Waals surface area contributed by atoms with Crippen LogP contribution in [0.15, 0.2) is 88.1 Å². The average Bonchev–Trinajstić information content (AvgIpc) is 2.87. The fourth-order valence-electron chi connectivity index (χ4n) is 4.03. The average molecular weight is 659 g/mol. The van der Waals surface area contributed by atoms with Crippen LogP contribution in [-0.2, 0) is 7.05 Å². The van der Waals surface area contributed by atoms with Gasteiger partial charge in [0.05, 0.1) is 18.8 Å². The summed E-state index contributed by atoms with van der Waals surface area (Å²) >= 11 is 5.70. The second-order valence-electron chi connectivity index (χ2n) is 8.07. The van der Waals surface area contributed by atoms with E-state index in [1.54, 1.807) is 13.1 Å². The van der Waals surface area contributed by atoms with Gasteiger partial charge in [-0.1, -0.05) is 70.5 Å². The zero-order chi connectivity index (χ0) is 25.8. The molecule has 1 heterocycles. The zero-order valence-corrected chi connectivity index (χ0v) is 23.6. The summed E-state index contributed by atoms with van der Waals surface area (Å²) in [7, 11) is 4.84. The minimum Gasteiger partial charge on any atom is -0.489 e. The summed E-state index contributed by atoms with van der Waals surface area (Å²) in [4.78, 5) is 33.2. The van der Waals surface area contributed by atoms with Crippen molar-refractivity contribution in [1.29, 1.82) is 0 Å². The molecule has 184 valence electrons. The Morgan fingerprint density at radius 1 is 1.06 bits per heavy atom. The number of hydrogen-bond acceptors (Lipinski definition) is 5. The molecule has 3 aromatic carbocycles. The maximum atomic E-state index is 13.3. The number of ether oxygens (including phenoxy) is 1. The molecule has 4 aromatic rings. The molecule has 0 aliphatic rings. The van der Waals surface area contributed by atoms with Crippen molar-refractivity contribution in [3.05, 3.63) is 114 Å². The Morgan fingerprint density at radius 3 is 2.39 bits per heavy atom. The first-order valence-corrected chi connectivity index (χ1v) is 12.9. The smallest absolute Gasteiger partial charge is 0.297 e. The Kier molecular flexibility index (Phi) is 8.10. The Hall–Kier alpha value is -3.18. The lowest BCUT2D eigenvalue weighted by Gasteiger charge is -2.31. The predicted molar refractivity (Wildman–Crippen MR) is 154 cm³/mol. The summed E-state index contributed by atoms with van der Waals surface area (Å²) in [5.74, 6) is -0.318. The lowest BCUT2D eigenvalue weighted by molar-refractivity contribution is 0.101. The molecule has 0 aliphatic carbocycles. The van der Waals surface area contributed by atoms with Crippen LogP contribution in [0.2, 0.25) is 0 Å². The number of nitrogens with one attached hydrogen (secondary N) is 1. The highest BCUT2D eigenvalue weighted by molar-refractivity contribution is 14.1. The SMILES string of the molecule is COc1c(C(=O)Nc2ccccc2I)nc(N(C)C(c2ccccc2)c2cccc(Br)c2)n(C)c1=O. The van der Waals surface area contributed by atoms with E-state index in [0.717, 1.165) is 19.2 Å². The van der Waals surface area contributed by atoms with Gasteiger partial charge in [-0.05, 0) is 58.0 Å².